The number of halogens is 3. The summed E-state index contributed by atoms with van der Waals surface area (Å²) in [5, 5.41) is 7.87. The fourth-order valence-electron chi connectivity index (χ4n) is 4.42. The molecular formula is C30H25F3N8Pt. The molecule has 0 saturated heterocycles. The molecule has 8 nitrogen and oxygen atoms in total. The number of hydrogen-bond donors (Lipinski definition) is 0. The van der Waals surface area contributed by atoms with Gasteiger partial charge in [-0.2, -0.15) is 13.2 Å². The van der Waals surface area contributed by atoms with Gasteiger partial charge in [0.15, 0.2) is 0 Å². The van der Waals surface area contributed by atoms with Gasteiger partial charge in [0.1, 0.15) is 11.6 Å². The molecular weight excluding hydrogens is 724 g/mol. The average molecular weight is 750 g/mol. The van der Waals surface area contributed by atoms with Gasteiger partial charge in [-0.1, -0.05) is 82.9 Å². The minimum absolute atomic E-state index is 0. The Labute approximate surface area is 255 Å². The molecule has 1 aromatic carbocycles. The van der Waals surface area contributed by atoms with E-state index in [9.17, 15) is 13.2 Å². The second-order valence-corrected chi connectivity index (χ2v) is 9.86. The number of rotatable bonds is 7. The van der Waals surface area contributed by atoms with Gasteiger partial charge in [-0.05, 0) is 52.5 Å². The molecule has 5 rings (SSSR count). The summed E-state index contributed by atoms with van der Waals surface area (Å²) in [7, 11) is 0. The number of nitrogens with zero attached hydrogens (tertiary/aromatic N) is 8. The SMILES string of the molecule is [C-]#[N+]c1c[c-]n(-c2cccc(N(c3cccc(-n4[c-]cc(C(F)(F)F)n4)n3)c3c(C(C)C)cccc3C(C)C)n2)n1.[Pt+2]. The van der Waals surface area contributed by atoms with Crippen LogP contribution >= 0.6 is 0 Å². The number of benzene rings is 1. The fourth-order valence-corrected chi connectivity index (χ4v) is 4.42. The van der Waals surface area contributed by atoms with E-state index in [1.165, 1.54) is 10.7 Å². The van der Waals surface area contributed by atoms with Crippen LogP contribution in [0.4, 0.5) is 36.3 Å². The van der Waals surface area contributed by atoms with Crippen molar-refractivity contribution in [2.24, 2.45) is 0 Å². The predicted octanol–water partition coefficient (Wildman–Crippen LogP) is 7.73. The van der Waals surface area contributed by atoms with E-state index in [0.717, 1.165) is 27.6 Å². The minimum atomic E-state index is -4.60. The molecule has 0 fully saturated rings. The summed E-state index contributed by atoms with van der Waals surface area (Å²) in [6.07, 6.45) is 0.829. The smallest absolute Gasteiger partial charge is 0.343 e. The average Bonchev–Trinajstić information content (AvgIpc) is 3.64. The zero-order valence-corrected chi connectivity index (χ0v) is 25.3. The molecule has 42 heavy (non-hydrogen) atoms. The van der Waals surface area contributed by atoms with Gasteiger partial charge in [-0.25, -0.2) is 4.68 Å². The van der Waals surface area contributed by atoms with Gasteiger partial charge < -0.3 is 9.53 Å². The van der Waals surface area contributed by atoms with E-state index >= 15 is 0 Å². The predicted molar refractivity (Wildman–Crippen MR) is 148 cm³/mol. The second kappa shape index (κ2) is 12.3. The van der Waals surface area contributed by atoms with Crippen LogP contribution in [0.1, 0.15) is 56.4 Å². The second-order valence-electron chi connectivity index (χ2n) is 9.86. The van der Waals surface area contributed by atoms with Gasteiger partial charge >= 0.3 is 33.1 Å². The first-order valence-corrected chi connectivity index (χ1v) is 12.8. The molecule has 0 amide bonds. The molecule has 0 spiro atoms. The largest absolute Gasteiger partial charge is 2.00 e. The fraction of sp³-hybridized carbons (Fsp3) is 0.233. The molecule has 0 aliphatic rings. The molecule has 4 aromatic heterocycles. The molecule has 0 bridgehead atoms. The van der Waals surface area contributed by atoms with Crippen LogP contribution in [0.15, 0.2) is 66.7 Å². The molecule has 0 radical (unpaired) electrons. The molecule has 0 saturated carbocycles. The molecule has 0 atom stereocenters. The van der Waals surface area contributed by atoms with E-state index in [1.54, 1.807) is 24.3 Å². The van der Waals surface area contributed by atoms with Crippen molar-refractivity contribution in [1.82, 2.24) is 29.5 Å². The van der Waals surface area contributed by atoms with Crippen molar-refractivity contribution in [3.8, 4) is 11.6 Å². The van der Waals surface area contributed by atoms with Gasteiger partial charge in [0, 0.05) is 0 Å². The number of pyridine rings is 2. The van der Waals surface area contributed by atoms with Crippen molar-refractivity contribution >= 4 is 23.1 Å². The molecule has 0 unspecified atom stereocenters. The number of hydrogen-bond acceptors (Lipinski definition) is 5. The van der Waals surface area contributed by atoms with Crippen LogP contribution in [0, 0.1) is 19.0 Å². The molecule has 0 aliphatic carbocycles. The quantitative estimate of drug-likeness (QED) is 0.160. The van der Waals surface area contributed by atoms with E-state index in [2.05, 4.69) is 55.1 Å². The third-order valence-corrected chi connectivity index (χ3v) is 6.35. The van der Waals surface area contributed by atoms with Crippen molar-refractivity contribution in [3.63, 3.8) is 0 Å². The first-order valence-electron chi connectivity index (χ1n) is 12.8. The van der Waals surface area contributed by atoms with E-state index in [-0.39, 0.29) is 44.5 Å². The summed E-state index contributed by atoms with van der Waals surface area (Å²) >= 11 is 0. The van der Waals surface area contributed by atoms with Crippen molar-refractivity contribution < 1.29 is 34.2 Å². The Kier molecular flexibility index (Phi) is 8.97. The van der Waals surface area contributed by atoms with Crippen molar-refractivity contribution in [2.75, 3.05) is 4.90 Å². The summed E-state index contributed by atoms with van der Waals surface area (Å²) in [6, 6.07) is 18.8. The Morgan fingerprint density at radius 3 is 1.74 bits per heavy atom. The molecule has 12 heteroatoms. The zero-order valence-electron chi connectivity index (χ0n) is 23.0. The van der Waals surface area contributed by atoms with Gasteiger partial charge in [-0.15, -0.1) is 6.07 Å². The van der Waals surface area contributed by atoms with Gasteiger partial charge in [0.05, 0.1) is 23.0 Å². The first kappa shape index (κ1) is 30.7. The van der Waals surface area contributed by atoms with Crippen LogP contribution in [-0.4, -0.2) is 29.5 Å². The number of aromatic nitrogens is 6. The van der Waals surface area contributed by atoms with Gasteiger partial charge in [0.25, 0.3) is 0 Å². The number of anilines is 3. The van der Waals surface area contributed by atoms with Crippen LogP contribution in [0.25, 0.3) is 16.5 Å². The molecule has 5 aromatic rings. The maximum absolute atomic E-state index is 13.3. The van der Waals surface area contributed by atoms with E-state index in [4.69, 9.17) is 16.5 Å². The molecule has 0 aliphatic heterocycles. The van der Waals surface area contributed by atoms with Gasteiger partial charge in [-0.3, -0.25) is 20.0 Å². The number of alkyl halides is 3. The third kappa shape index (κ3) is 6.14. The monoisotopic (exact) mass is 749 g/mol. The third-order valence-electron chi connectivity index (χ3n) is 6.35. The summed E-state index contributed by atoms with van der Waals surface area (Å²) in [4.78, 5) is 14.8. The van der Waals surface area contributed by atoms with Crippen LogP contribution in [-0.2, 0) is 27.2 Å². The Bertz CT molecular complexity index is 1710. The Balaban J connectivity index is 0.00000405. The summed E-state index contributed by atoms with van der Waals surface area (Å²) in [6.45, 7) is 15.6. The van der Waals surface area contributed by atoms with E-state index in [1.807, 2.05) is 35.2 Å². The summed E-state index contributed by atoms with van der Waals surface area (Å²) in [5.41, 5.74) is 1.90. The van der Waals surface area contributed by atoms with Crippen molar-refractivity contribution in [3.05, 3.63) is 107 Å². The summed E-state index contributed by atoms with van der Waals surface area (Å²) in [5.74, 6) is 1.96. The molecule has 4 heterocycles. The Morgan fingerprint density at radius 2 is 1.29 bits per heavy atom. The van der Waals surface area contributed by atoms with Crippen LogP contribution in [0.2, 0.25) is 0 Å². The van der Waals surface area contributed by atoms with Crippen molar-refractivity contribution in [2.45, 2.75) is 45.7 Å². The normalized spacial score (nSPS) is 11.4. The molecule has 0 N–H and O–H groups in total. The van der Waals surface area contributed by atoms with E-state index in [0.29, 0.717) is 17.5 Å². The zero-order chi connectivity index (χ0) is 29.3. The Hall–Kier alpha value is -4.29. The van der Waals surface area contributed by atoms with Gasteiger partial charge in [0.2, 0.25) is 0 Å². The number of para-hydroxylation sites is 1. The van der Waals surface area contributed by atoms with Crippen LogP contribution in [0.3, 0.4) is 0 Å². The van der Waals surface area contributed by atoms with Crippen LogP contribution < -0.4 is 4.90 Å². The topological polar surface area (TPSA) is 69.0 Å². The Morgan fingerprint density at radius 1 is 0.786 bits per heavy atom. The molecule has 216 valence electrons. The standard InChI is InChI=1S/C30H25F3N8.Pt/c1-19(2)21-9-6-10-22(20(3)4)29(21)41(28-14-8-12-26(36-28)40-18-16-24(34-5)38-40)27-13-7-11-25(35-27)39-17-15-23(37-39)30(31,32)33;/h6-16,19-20H,1-4H3;/q-2;+2. The summed E-state index contributed by atoms with van der Waals surface area (Å²) < 4.78 is 42.1. The minimum Gasteiger partial charge on any atom is -0.343 e. The maximum atomic E-state index is 13.3. The first-order chi connectivity index (χ1) is 19.6. The maximum Gasteiger partial charge on any atom is 2.00 e. The van der Waals surface area contributed by atoms with Crippen LogP contribution in [0.5, 0.6) is 0 Å². The van der Waals surface area contributed by atoms with Crippen molar-refractivity contribution in [1.29, 1.82) is 0 Å². The van der Waals surface area contributed by atoms with E-state index < -0.39 is 11.9 Å².